The largest absolute Gasteiger partial charge is 0.499 e. The van der Waals surface area contributed by atoms with E-state index in [4.69, 9.17) is 9.47 Å². The Labute approximate surface area is 352 Å². The van der Waals surface area contributed by atoms with Crippen LogP contribution in [-0.2, 0) is 35.7 Å². The molecule has 0 radical (unpaired) electrons. The van der Waals surface area contributed by atoms with Crippen LogP contribution in [0.5, 0.6) is 0 Å². The van der Waals surface area contributed by atoms with E-state index >= 15 is 0 Å². The predicted octanol–water partition coefficient (Wildman–Crippen LogP) is 4.62. The number of imide groups is 2. The van der Waals surface area contributed by atoms with Gasteiger partial charge >= 0.3 is 0 Å². The third-order valence-corrected chi connectivity index (χ3v) is 12.2. The van der Waals surface area contributed by atoms with E-state index in [9.17, 15) is 34.0 Å². The van der Waals surface area contributed by atoms with Gasteiger partial charge in [0.05, 0.1) is 47.8 Å². The second-order valence-electron chi connectivity index (χ2n) is 16.2. The molecule has 1 unspecified atom stereocenters. The summed E-state index contributed by atoms with van der Waals surface area (Å²) in [6.45, 7) is 8.91. The van der Waals surface area contributed by atoms with Crippen LogP contribution in [0.4, 0.5) is 11.4 Å². The van der Waals surface area contributed by atoms with Crippen molar-refractivity contribution in [2.45, 2.75) is 70.4 Å². The fraction of sp³-hybridized carbons (Fsp3) is 0.370. The molecule has 8 rings (SSSR count). The summed E-state index contributed by atoms with van der Waals surface area (Å²) in [7, 11) is 0. The van der Waals surface area contributed by atoms with Gasteiger partial charge in [-0.15, -0.1) is 0 Å². The van der Waals surface area contributed by atoms with Gasteiger partial charge in [0.25, 0.3) is 11.8 Å². The van der Waals surface area contributed by atoms with Crippen molar-refractivity contribution < 1.29 is 38.2 Å². The van der Waals surface area contributed by atoms with Crippen LogP contribution in [0.2, 0.25) is 0 Å². The van der Waals surface area contributed by atoms with Crippen LogP contribution in [0.25, 0.3) is 10.9 Å². The number of benzene rings is 3. The van der Waals surface area contributed by atoms with Gasteiger partial charge in [-0.3, -0.25) is 39.0 Å². The molecular formula is C46H47N7O8. The van der Waals surface area contributed by atoms with Crippen LogP contribution in [0.3, 0.4) is 0 Å². The lowest BCUT2D eigenvalue weighted by Gasteiger charge is -2.38. The molecule has 15 heteroatoms. The molecule has 1 atom stereocenters. The van der Waals surface area contributed by atoms with E-state index in [1.165, 1.54) is 18.4 Å². The number of nitrogens with one attached hydrogen (secondary N) is 4. The van der Waals surface area contributed by atoms with Crippen LogP contribution in [0.15, 0.2) is 60.9 Å². The molecule has 314 valence electrons. The molecule has 4 heterocycles. The lowest BCUT2D eigenvalue weighted by molar-refractivity contribution is -0.136. The number of aromatic amines is 1. The fourth-order valence-electron chi connectivity index (χ4n) is 8.98. The molecule has 61 heavy (non-hydrogen) atoms. The van der Waals surface area contributed by atoms with Gasteiger partial charge in [0, 0.05) is 77.1 Å². The number of ketones is 1. The maximum absolute atomic E-state index is 14.0. The number of rotatable bonds is 13. The van der Waals surface area contributed by atoms with Gasteiger partial charge in [0.1, 0.15) is 12.6 Å². The number of carbonyl (C=O) groups is 6. The third kappa shape index (κ3) is 7.63. The molecule has 2 fully saturated rings. The number of aromatic nitrogens is 1. The Morgan fingerprint density at radius 3 is 2.52 bits per heavy atom. The van der Waals surface area contributed by atoms with Gasteiger partial charge in [0.2, 0.25) is 17.7 Å². The van der Waals surface area contributed by atoms with Gasteiger partial charge in [0.15, 0.2) is 5.78 Å². The van der Waals surface area contributed by atoms with E-state index in [0.717, 1.165) is 76.2 Å². The van der Waals surface area contributed by atoms with Crippen molar-refractivity contribution >= 4 is 57.6 Å². The van der Waals surface area contributed by atoms with Crippen molar-refractivity contribution in [1.82, 2.24) is 20.5 Å². The molecule has 3 aliphatic heterocycles. The first kappa shape index (κ1) is 41.0. The summed E-state index contributed by atoms with van der Waals surface area (Å²) in [6.07, 6.45) is 5.11. The quantitative estimate of drug-likeness (QED) is 0.0634. The zero-order valence-electron chi connectivity index (χ0n) is 34.3. The minimum Gasteiger partial charge on any atom is -0.499 e. The maximum Gasteiger partial charge on any atom is 0.264 e. The first-order valence-corrected chi connectivity index (χ1v) is 20.7. The van der Waals surface area contributed by atoms with Crippen LogP contribution in [-0.4, -0.2) is 96.7 Å². The van der Waals surface area contributed by atoms with Crippen molar-refractivity contribution in [3.05, 3.63) is 106 Å². The lowest BCUT2D eigenvalue weighted by atomic mass is 9.70. The molecule has 0 bridgehead atoms. The number of carbonyl (C=O) groups excluding carboxylic acids is 6. The highest BCUT2D eigenvalue weighted by Crippen LogP contribution is 2.46. The first-order valence-electron chi connectivity index (χ1n) is 20.7. The van der Waals surface area contributed by atoms with Crippen molar-refractivity contribution in [1.29, 1.82) is 5.26 Å². The normalized spacial score (nSPS) is 18.5. The second-order valence-corrected chi connectivity index (χ2v) is 16.2. The lowest BCUT2D eigenvalue weighted by Crippen LogP contribution is -2.54. The molecule has 1 aromatic heterocycles. The summed E-state index contributed by atoms with van der Waals surface area (Å²) in [5.74, 6) is -2.50. The van der Waals surface area contributed by atoms with Crippen molar-refractivity contribution in [3.63, 3.8) is 0 Å². The van der Waals surface area contributed by atoms with Gasteiger partial charge in [-0.2, -0.15) is 5.26 Å². The molecule has 2 saturated heterocycles. The summed E-state index contributed by atoms with van der Waals surface area (Å²) < 4.78 is 11.1. The molecule has 0 saturated carbocycles. The Morgan fingerprint density at radius 1 is 0.967 bits per heavy atom. The van der Waals surface area contributed by atoms with Crippen molar-refractivity contribution in [2.75, 3.05) is 49.7 Å². The number of piperidine rings is 2. The smallest absolute Gasteiger partial charge is 0.264 e. The van der Waals surface area contributed by atoms with E-state index in [0.29, 0.717) is 23.4 Å². The Hall–Kier alpha value is -6.79. The van der Waals surface area contributed by atoms with Gasteiger partial charge < -0.3 is 30.0 Å². The summed E-state index contributed by atoms with van der Waals surface area (Å²) in [5, 5.41) is 18.7. The number of ether oxygens (including phenoxy) is 2. The number of nitriles is 1. The number of nitrogens with zero attached hydrogens (tertiary/aromatic N) is 3. The molecule has 4 aromatic rings. The Bertz CT molecular complexity index is 2560. The van der Waals surface area contributed by atoms with Crippen molar-refractivity contribution in [3.8, 4) is 6.07 Å². The number of fused-ring (bicyclic) bond motifs is 5. The van der Waals surface area contributed by atoms with E-state index in [-0.39, 0.29) is 61.5 Å². The first-order chi connectivity index (χ1) is 29.4. The SMILES string of the molecule is CCc1cc2c(cc1N1CCC(NC(=O)C=COCCOCCNc3cccc4c3C(=O)N(C3CCC(=O)NC3=O)C4=O)CC1)C(C)(C)c1[nH]c3cc(C#N)ccc3c1C2=O. The Balaban J connectivity index is 0.775. The number of hydrogen-bond acceptors (Lipinski definition) is 11. The van der Waals surface area contributed by atoms with E-state index in [2.05, 4.69) is 64.8 Å². The zero-order chi connectivity index (χ0) is 43.0. The molecule has 4 N–H and O–H groups in total. The van der Waals surface area contributed by atoms with Crippen LogP contribution >= 0.6 is 0 Å². The average Bonchev–Trinajstić information content (AvgIpc) is 3.77. The highest BCUT2D eigenvalue weighted by molar-refractivity contribution is 6.25. The van der Waals surface area contributed by atoms with E-state index < -0.39 is 35.1 Å². The Kier molecular flexibility index (Phi) is 11.2. The van der Waals surface area contributed by atoms with E-state index in [1.54, 1.807) is 24.3 Å². The minimum absolute atomic E-state index is 0.00284. The van der Waals surface area contributed by atoms with Crippen LogP contribution in [0, 0.1) is 11.3 Å². The van der Waals surface area contributed by atoms with Crippen LogP contribution in [0.1, 0.15) is 105 Å². The van der Waals surface area contributed by atoms with Gasteiger partial charge in [-0.25, -0.2) is 0 Å². The molecule has 15 nitrogen and oxygen atoms in total. The Morgan fingerprint density at radius 2 is 1.77 bits per heavy atom. The van der Waals surface area contributed by atoms with Gasteiger partial charge in [-0.05, 0) is 73.2 Å². The highest BCUT2D eigenvalue weighted by atomic mass is 16.5. The molecule has 0 spiro atoms. The summed E-state index contributed by atoms with van der Waals surface area (Å²) in [6, 6.07) is 15.7. The average molecular weight is 826 g/mol. The number of amides is 5. The standard InChI is InChI=1S/C46H47N7O8/c1-4-27-23-31-32(46(2,3)42-40(41(31)56)29-9-8-26(25-47)22-34(29)50-42)24-36(27)52-16-12-28(13-17-52)49-38(55)14-18-60-20-21-61-19-15-48-33-7-5-6-30-39(33)45(59)53(44(30)58)35-10-11-37(54)51-43(35)57/h5-9,14,18,22-24,28,35,48,50H,4,10-13,15-17,19-21H2,1-3H3,(H,49,55)(H,51,54,57). The van der Waals surface area contributed by atoms with E-state index in [1.807, 2.05) is 6.07 Å². The summed E-state index contributed by atoms with van der Waals surface area (Å²) >= 11 is 0. The highest BCUT2D eigenvalue weighted by Gasteiger charge is 2.46. The number of H-pyrrole nitrogens is 1. The third-order valence-electron chi connectivity index (χ3n) is 12.2. The molecule has 3 aromatic carbocycles. The van der Waals surface area contributed by atoms with Crippen molar-refractivity contribution in [2.24, 2.45) is 0 Å². The minimum atomic E-state index is -1.04. The molecular weight excluding hydrogens is 779 g/mol. The number of anilines is 2. The fourth-order valence-corrected chi connectivity index (χ4v) is 8.98. The van der Waals surface area contributed by atoms with Crippen LogP contribution < -0.4 is 20.9 Å². The second kappa shape index (κ2) is 16.7. The van der Waals surface area contributed by atoms with Gasteiger partial charge in [-0.1, -0.05) is 32.9 Å². The molecule has 4 aliphatic rings. The summed E-state index contributed by atoms with van der Waals surface area (Å²) in [5.41, 5.74) is 7.11. The zero-order valence-corrected chi connectivity index (χ0v) is 34.3. The predicted molar refractivity (Wildman–Crippen MR) is 225 cm³/mol. The summed E-state index contributed by atoms with van der Waals surface area (Å²) in [4.78, 5) is 83.8. The monoisotopic (exact) mass is 825 g/mol. The number of aryl methyl sites for hydroxylation is 1. The maximum atomic E-state index is 14.0. The topological polar surface area (TPSA) is 203 Å². The number of hydrogen-bond donors (Lipinski definition) is 4. The molecule has 1 aliphatic carbocycles. The molecule has 5 amide bonds.